The molecule has 0 saturated carbocycles. The fourth-order valence-corrected chi connectivity index (χ4v) is 2.34. The lowest BCUT2D eigenvalue weighted by Crippen LogP contribution is -2.28. The highest BCUT2D eigenvalue weighted by Crippen LogP contribution is 2.24. The van der Waals surface area contributed by atoms with Gasteiger partial charge in [0.05, 0.1) is 17.8 Å². The molecule has 2 aromatic rings. The maximum Gasteiger partial charge on any atom is 0.305 e. The van der Waals surface area contributed by atoms with Crippen LogP contribution in [-0.4, -0.2) is 61.1 Å². The van der Waals surface area contributed by atoms with Gasteiger partial charge in [-0.1, -0.05) is 59.7 Å². The van der Waals surface area contributed by atoms with Crippen LogP contribution < -0.4 is 5.32 Å². The Morgan fingerprint density at radius 3 is 1.40 bits per heavy atom. The van der Waals surface area contributed by atoms with Crippen molar-refractivity contribution in [3.8, 4) is 17.2 Å². The summed E-state index contributed by atoms with van der Waals surface area (Å²) in [6.07, 6.45) is 2.79. The predicted octanol–water partition coefficient (Wildman–Crippen LogP) is 5.14. The number of aryl methyl sites for hydroxylation is 1. The third kappa shape index (κ3) is 21.2. The van der Waals surface area contributed by atoms with Gasteiger partial charge in [0, 0.05) is 6.04 Å². The third-order valence-corrected chi connectivity index (χ3v) is 5.23. The highest BCUT2D eigenvalue weighted by Gasteiger charge is 2.05. The van der Waals surface area contributed by atoms with Crippen LogP contribution in [0.5, 0.6) is 17.2 Å². The molecule has 1 unspecified atom stereocenters. The first-order valence-corrected chi connectivity index (χ1v) is 13.2. The van der Waals surface area contributed by atoms with Crippen molar-refractivity contribution in [2.45, 2.75) is 73.8 Å². The van der Waals surface area contributed by atoms with Gasteiger partial charge < -0.3 is 36.0 Å². The number of aliphatic carboxylic acids is 3. The molecule has 0 bridgehead atoms. The number of phenols is 3. The Bertz CT molecular complexity index is 960. The van der Waals surface area contributed by atoms with Crippen LogP contribution in [0, 0.1) is 17.8 Å². The van der Waals surface area contributed by atoms with Crippen molar-refractivity contribution in [1.29, 1.82) is 0 Å². The minimum absolute atomic E-state index is 0.0714. The first-order valence-electron chi connectivity index (χ1n) is 13.2. The summed E-state index contributed by atoms with van der Waals surface area (Å²) < 4.78 is 0. The van der Waals surface area contributed by atoms with Crippen molar-refractivity contribution in [1.82, 2.24) is 5.32 Å². The Labute approximate surface area is 237 Å². The van der Waals surface area contributed by atoms with E-state index < -0.39 is 17.9 Å². The summed E-state index contributed by atoms with van der Waals surface area (Å²) in [7, 11) is 0. The minimum Gasteiger partial charge on any atom is -0.508 e. The van der Waals surface area contributed by atoms with Crippen LogP contribution in [0.2, 0.25) is 0 Å². The number of carbonyl (C=O) groups is 3. The zero-order valence-electron chi connectivity index (χ0n) is 24.6. The molecule has 0 fully saturated rings. The van der Waals surface area contributed by atoms with E-state index in [1.165, 1.54) is 11.6 Å². The van der Waals surface area contributed by atoms with Crippen molar-refractivity contribution in [3.05, 3.63) is 53.6 Å². The summed E-state index contributed by atoms with van der Waals surface area (Å²) in [5, 5.41) is 55.4. The maximum atomic E-state index is 9.70. The van der Waals surface area contributed by atoms with E-state index in [1.807, 2.05) is 18.2 Å². The number of nitrogens with one attached hydrogen (secondary N) is 1. The fourth-order valence-electron chi connectivity index (χ4n) is 2.34. The third-order valence-electron chi connectivity index (χ3n) is 5.23. The molecule has 10 nitrogen and oxygen atoms in total. The molecule has 2 aromatic carbocycles. The molecule has 40 heavy (non-hydrogen) atoms. The quantitative estimate of drug-likeness (QED) is 0.190. The van der Waals surface area contributed by atoms with E-state index in [-0.39, 0.29) is 29.3 Å². The smallest absolute Gasteiger partial charge is 0.305 e. The predicted molar refractivity (Wildman–Crippen MR) is 155 cm³/mol. The van der Waals surface area contributed by atoms with E-state index >= 15 is 0 Å². The number of phenolic OH excluding ortho intramolecular Hbond substituents is 3. The van der Waals surface area contributed by atoms with Gasteiger partial charge in [-0.2, -0.15) is 0 Å². The molecule has 0 radical (unpaired) electrons. The summed E-state index contributed by atoms with van der Waals surface area (Å²) in [4.78, 5) is 29.1. The Balaban J connectivity index is 0. The van der Waals surface area contributed by atoms with E-state index in [4.69, 9.17) is 15.3 Å². The largest absolute Gasteiger partial charge is 0.508 e. The van der Waals surface area contributed by atoms with Gasteiger partial charge in [0.2, 0.25) is 0 Å². The fraction of sp³-hybridized carbons (Fsp3) is 0.500. The normalized spacial score (nSPS) is 10.8. The van der Waals surface area contributed by atoms with Crippen LogP contribution in [0.25, 0.3) is 0 Å². The van der Waals surface area contributed by atoms with Gasteiger partial charge in [-0.15, -0.1) is 0 Å². The molecule has 1 atom stereocenters. The molecule has 0 aliphatic rings. The molecule has 0 saturated heterocycles. The Morgan fingerprint density at radius 1 is 0.625 bits per heavy atom. The number of benzene rings is 2. The molecule has 0 aliphatic heterocycles. The van der Waals surface area contributed by atoms with Gasteiger partial charge in [0.1, 0.15) is 5.75 Å². The number of hydrogen-bond acceptors (Lipinski definition) is 7. The molecule has 2 rings (SSSR count). The summed E-state index contributed by atoms with van der Waals surface area (Å²) in [5.74, 6) is -2.77. The van der Waals surface area contributed by atoms with Gasteiger partial charge in [-0.3, -0.25) is 14.4 Å². The molecule has 10 heteroatoms. The zero-order chi connectivity index (χ0) is 31.4. The van der Waals surface area contributed by atoms with Gasteiger partial charge >= 0.3 is 17.9 Å². The summed E-state index contributed by atoms with van der Waals surface area (Å²) in [6, 6.07) is 12.6. The zero-order valence-corrected chi connectivity index (χ0v) is 24.6. The average molecular weight is 566 g/mol. The van der Waals surface area contributed by atoms with E-state index in [0.29, 0.717) is 11.8 Å². The van der Waals surface area contributed by atoms with Crippen molar-refractivity contribution >= 4 is 17.9 Å². The molecule has 0 aliphatic carbocycles. The molecule has 7 N–H and O–H groups in total. The van der Waals surface area contributed by atoms with Crippen LogP contribution in [0.1, 0.15) is 66.0 Å². The second-order valence-corrected chi connectivity index (χ2v) is 10.1. The van der Waals surface area contributed by atoms with Crippen LogP contribution in [-0.2, 0) is 27.2 Å². The van der Waals surface area contributed by atoms with Gasteiger partial charge in [0.25, 0.3) is 0 Å². The second kappa shape index (κ2) is 21.1. The maximum absolute atomic E-state index is 9.70. The van der Waals surface area contributed by atoms with Crippen LogP contribution >= 0.6 is 0 Å². The lowest BCUT2D eigenvalue weighted by molar-refractivity contribution is -0.141. The van der Waals surface area contributed by atoms with Crippen molar-refractivity contribution in [2.75, 3.05) is 6.54 Å². The lowest BCUT2D eigenvalue weighted by atomic mass is 10.1. The van der Waals surface area contributed by atoms with Crippen LogP contribution in [0.15, 0.2) is 42.5 Å². The first kappa shape index (κ1) is 38.4. The highest BCUT2D eigenvalue weighted by molar-refractivity contribution is 5.69. The van der Waals surface area contributed by atoms with E-state index in [2.05, 4.69) is 12.2 Å². The minimum atomic E-state index is -0.741. The van der Waals surface area contributed by atoms with Crippen molar-refractivity contribution < 1.29 is 45.0 Å². The number of rotatable bonds is 10. The SMILES string of the molecule is CC(C)C(=O)O.CC(C)C(=O)O.CC(C)C(=O)O.CC(CCc1ccc(O)cc1)NCCc1ccc(O)c(O)c1. The molecule has 0 aromatic heterocycles. The van der Waals surface area contributed by atoms with Gasteiger partial charge in [-0.05, 0) is 68.1 Å². The topological polar surface area (TPSA) is 185 Å². The average Bonchev–Trinajstić information content (AvgIpc) is 2.86. The molecular weight excluding hydrogens is 518 g/mol. The van der Waals surface area contributed by atoms with E-state index in [1.54, 1.807) is 59.7 Å². The molecule has 0 amide bonds. The molecular formula is C30H47NO9. The van der Waals surface area contributed by atoms with E-state index in [0.717, 1.165) is 31.4 Å². The van der Waals surface area contributed by atoms with Crippen molar-refractivity contribution in [3.63, 3.8) is 0 Å². The molecule has 0 heterocycles. The number of aromatic hydroxyl groups is 3. The van der Waals surface area contributed by atoms with Gasteiger partial charge in [-0.25, -0.2) is 0 Å². The Kier molecular flexibility index (Phi) is 20.2. The highest BCUT2D eigenvalue weighted by atomic mass is 16.4. The van der Waals surface area contributed by atoms with Gasteiger partial charge in [0.15, 0.2) is 11.5 Å². The monoisotopic (exact) mass is 565 g/mol. The number of hydrogen-bond donors (Lipinski definition) is 7. The standard InChI is InChI=1S/C18H23NO3.3C4H8O2/c1-13(2-3-14-4-7-16(20)8-5-14)19-11-10-15-6-9-17(21)18(22)12-15;3*1-3(2)4(5)6/h4-9,12-13,19-22H,2-3,10-11H2,1H3;3*3H,1-2H3,(H,5,6). The van der Waals surface area contributed by atoms with Crippen LogP contribution in [0.4, 0.5) is 0 Å². The number of carboxylic acid groups (broad SMARTS) is 3. The molecule has 226 valence electrons. The Hall–Kier alpha value is -3.79. The molecule has 0 spiro atoms. The van der Waals surface area contributed by atoms with E-state index in [9.17, 15) is 29.7 Å². The summed E-state index contributed by atoms with van der Waals surface area (Å²) in [6.45, 7) is 12.8. The second-order valence-electron chi connectivity index (χ2n) is 10.1. The van der Waals surface area contributed by atoms with Crippen LogP contribution in [0.3, 0.4) is 0 Å². The summed E-state index contributed by atoms with van der Waals surface area (Å²) in [5.41, 5.74) is 2.21. The lowest BCUT2D eigenvalue weighted by Gasteiger charge is -2.14. The summed E-state index contributed by atoms with van der Waals surface area (Å²) >= 11 is 0. The van der Waals surface area contributed by atoms with Crippen molar-refractivity contribution in [2.24, 2.45) is 17.8 Å². The Morgan fingerprint density at radius 2 is 1.02 bits per heavy atom. The first-order chi connectivity index (χ1) is 18.5. The number of carboxylic acids is 3.